The maximum absolute atomic E-state index is 11.6. The Morgan fingerprint density at radius 3 is 2.50 bits per heavy atom. The molecule has 0 spiro atoms. The second kappa shape index (κ2) is 4.16. The summed E-state index contributed by atoms with van der Waals surface area (Å²) in [6.07, 6.45) is 0. The minimum absolute atomic E-state index is 0.0976. The summed E-state index contributed by atoms with van der Waals surface area (Å²) in [6, 6.07) is 6.32. The van der Waals surface area contributed by atoms with Crippen molar-refractivity contribution in [3.05, 3.63) is 45.8 Å². The van der Waals surface area contributed by atoms with Crippen LogP contribution in [0.15, 0.2) is 37.9 Å². The Bertz CT molecular complexity index is 870. The molecule has 0 bridgehead atoms. The van der Waals surface area contributed by atoms with E-state index in [1.165, 1.54) is 13.0 Å². The van der Waals surface area contributed by atoms with E-state index in [0.717, 1.165) is 0 Å². The van der Waals surface area contributed by atoms with Gasteiger partial charge in [-0.05, 0) is 38.1 Å². The molecule has 0 saturated carbocycles. The molecule has 0 radical (unpaired) electrons. The van der Waals surface area contributed by atoms with Gasteiger partial charge in [-0.3, -0.25) is 0 Å². The van der Waals surface area contributed by atoms with Gasteiger partial charge in [-0.1, -0.05) is 0 Å². The molecule has 0 amide bonds. The maximum Gasteiger partial charge on any atom is 0.343 e. The van der Waals surface area contributed by atoms with Crippen LogP contribution in [-0.4, -0.2) is 10.2 Å². The summed E-state index contributed by atoms with van der Waals surface area (Å²) in [5.74, 6) is 0.540. The highest BCUT2D eigenvalue weighted by Crippen LogP contribution is 2.34. The van der Waals surface area contributed by atoms with Crippen molar-refractivity contribution in [3.63, 3.8) is 0 Å². The van der Waals surface area contributed by atoms with E-state index in [1.54, 1.807) is 25.1 Å². The lowest BCUT2D eigenvalue weighted by Gasteiger charge is -2.05. The molecule has 0 aliphatic carbocycles. The number of rotatable bonds is 1. The van der Waals surface area contributed by atoms with Gasteiger partial charge in [0.2, 0.25) is 0 Å². The van der Waals surface area contributed by atoms with Crippen LogP contribution in [-0.2, 0) is 0 Å². The second-order valence-corrected chi connectivity index (χ2v) is 4.65. The summed E-state index contributed by atoms with van der Waals surface area (Å²) in [4.78, 5) is 11.6. The fourth-order valence-electron chi connectivity index (χ4n) is 2.11. The number of benzene rings is 1. The molecule has 1 aromatic carbocycles. The number of aromatic hydroxyl groups is 2. The van der Waals surface area contributed by atoms with Gasteiger partial charge in [0, 0.05) is 10.9 Å². The number of phenolic OH excluding ortho intramolecular Hbond substituents is 1. The Morgan fingerprint density at radius 1 is 1.00 bits per heavy atom. The van der Waals surface area contributed by atoms with Gasteiger partial charge in [0.25, 0.3) is 0 Å². The molecule has 0 aliphatic rings. The Morgan fingerprint density at radius 2 is 1.75 bits per heavy atom. The highest BCUT2D eigenvalue weighted by atomic mass is 16.4. The van der Waals surface area contributed by atoms with E-state index < -0.39 is 5.63 Å². The average Bonchev–Trinajstić information content (AvgIpc) is 2.83. The standard InChI is InChI=1S/C15H12O5/c1-7-13(17)8(2)15(18)20-14(7)12-6-9-5-10(16)3-4-11(9)19-12/h3-6,16-17H,1-2H3. The van der Waals surface area contributed by atoms with Crippen LogP contribution in [0.25, 0.3) is 22.5 Å². The zero-order chi connectivity index (χ0) is 14.4. The van der Waals surface area contributed by atoms with E-state index in [4.69, 9.17) is 8.83 Å². The van der Waals surface area contributed by atoms with Crippen LogP contribution in [0.1, 0.15) is 11.1 Å². The molecule has 5 nitrogen and oxygen atoms in total. The van der Waals surface area contributed by atoms with E-state index >= 15 is 0 Å². The third-order valence-electron chi connectivity index (χ3n) is 3.28. The third-order valence-corrected chi connectivity index (χ3v) is 3.28. The van der Waals surface area contributed by atoms with Crippen molar-refractivity contribution < 1.29 is 19.0 Å². The van der Waals surface area contributed by atoms with Crippen LogP contribution in [0.5, 0.6) is 11.5 Å². The zero-order valence-electron chi connectivity index (χ0n) is 10.9. The molecule has 2 heterocycles. The number of furan rings is 1. The Hall–Kier alpha value is -2.69. The van der Waals surface area contributed by atoms with Gasteiger partial charge in [0.05, 0.1) is 5.56 Å². The lowest BCUT2D eigenvalue weighted by molar-refractivity contribution is 0.433. The molecule has 2 aromatic heterocycles. The van der Waals surface area contributed by atoms with E-state index in [9.17, 15) is 15.0 Å². The predicted molar refractivity (Wildman–Crippen MR) is 73.0 cm³/mol. The summed E-state index contributed by atoms with van der Waals surface area (Å²) in [5, 5.41) is 20.0. The second-order valence-electron chi connectivity index (χ2n) is 4.65. The fourth-order valence-corrected chi connectivity index (χ4v) is 2.11. The molecular weight excluding hydrogens is 260 g/mol. The minimum atomic E-state index is -0.605. The van der Waals surface area contributed by atoms with Gasteiger partial charge in [0.15, 0.2) is 11.5 Å². The summed E-state index contributed by atoms with van der Waals surface area (Å²) in [5.41, 5.74) is 0.553. The Kier molecular flexibility index (Phi) is 2.57. The van der Waals surface area contributed by atoms with Crippen molar-refractivity contribution in [1.29, 1.82) is 0 Å². The van der Waals surface area contributed by atoms with Crippen LogP contribution in [0.3, 0.4) is 0 Å². The number of fused-ring (bicyclic) bond motifs is 1. The van der Waals surface area contributed by atoms with Gasteiger partial charge in [-0.25, -0.2) is 4.79 Å². The van der Waals surface area contributed by atoms with Gasteiger partial charge in [0.1, 0.15) is 17.1 Å². The average molecular weight is 272 g/mol. The Balaban J connectivity index is 2.28. The van der Waals surface area contributed by atoms with E-state index in [1.807, 2.05) is 0 Å². The van der Waals surface area contributed by atoms with E-state index in [2.05, 4.69) is 0 Å². The van der Waals surface area contributed by atoms with Crippen LogP contribution in [0.4, 0.5) is 0 Å². The van der Waals surface area contributed by atoms with Crippen molar-refractivity contribution in [2.24, 2.45) is 0 Å². The van der Waals surface area contributed by atoms with Crippen molar-refractivity contribution in [2.45, 2.75) is 13.8 Å². The molecular formula is C15H12O5. The van der Waals surface area contributed by atoms with Crippen molar-refractivity contribution in [3.8, 4) is 23.0 Å². The van der Waals surface area contributed by atoms with Gasteiger partial charge in [-0.15, -0.1) is 0 Å². The molecule has 3 rings (SSSR count). The van der Waals surface area contributed by atoms with Crippen LogP contribution in [0.2, 0.25) is 0 Å². The highest BCUT2D eigenvalue weighted by molar-refractivity contribution is 5.83. The quantitative estimate of drug-likeness (QED) is 0.711. The van der Waals surface area contributed by atoms with Gasteiger partial charge >= 0.3 is 5.63 Å². The number of hydrogen-bond donors (Lipinski definition) is 2. The lowest BCUT2D eigenvalue weighted by Crippen LogP contribution is -2.05. The molecule has 102 valence electrons. The first-order valence-electron chi connectivity index (χ1n) is 6.03. The largest absolute Gasteiger partial charge is 0.508 e. The van der Waals surface area contributed by atoms with E-state index in [-0.39, 0.29) is 22.8 Å². The smallest absolute Gasteiger partial charge is 0.343 e. The zero-order valence-corrected chi connectivity index (χ0v) is 10.9. The van der Waals surface area contributed by atoms with Crippen LogP contribution in [0, 0.1) is 13.8 Å². The molecule has 0 unspecified atom stereocenters. The first-order chi connectivity index (χ1) is 9.47. The van der Waals surface area contributed by atoms with Gasteiger partial charge < -0.3 is 19.0 Å². The summed E-state index contributed by atoms with van der Waals surface area (Å²) < 4.78 is 10.8. The normalized spacial score (nSPS) is 11.1. The van der Waals surface area contributed by atoms with Crippen LogP contribution >= 0.6 is 0 Å². The SMILES string of the molecule is Cc1c(-c2cc3cc(O)ccc3o2)oc(=O)c(C)c1O. The maximum atomic E-state index is 11.6. The molecule has 0 saturated heterocycles. The van der Waals surface area contributed by atoms with E-state index in [0.29, 0.717) is 22.3 Å². The topological polar surface area (TPSA) is 83.8 Å². The van der Waals surface area contributed by atoms with Gasteiger partial charge in [-0.2, -0.15) is 0 Å². The molecule has 0 fully saturated rings. The summed E-state index contributed by atoms with van der Waals surface area (Å²) >= 11 is 0. The molecule has 5 heteroatoms. The Labute approximate surface area is 113 Å². The third kappa shape index (κ3) is 1.75. The van der Waals surface area contributed by atoms with Crippen molar-refractivity contribution in [1.82, 2.24) is 0 Å². The molecule has 0 atom stereocenters. The lowest BCUT2D eigenvalue weighted by atomic mass is 10.1. The van der Waals surface area contributed by atoms with Crippen molar-refractivity contribution >= 4 is 11.0 Å². The number of phenols is 1. The summed E-state index contributed by atoms with van der Waals surface area (Å²) in [6.45, 7) is 3.14. The molecule has 0 aliphatic heterocycles. The molecule has 20 heavy (non-hydrogen) atoms. The number of hydrogen-bond acceptors (Lipinski definition) is 5. The first kappa shape index (κ1) is 12.3. The first-order valence-corrected chi connectivity index (χ1v) is 6.03. The monoisotopic (exact) mass is 272 g/mol. The molecule has 3 aromatic rings. The highest BCUT2D eigenvalue weighted by Gasteiger charge is 2.18. The minimum Gasteiger partial charge on any atom is -0.508 e. The van der Waals surface area contributed by atoms with Crippen molar-refractivity contribution in [2.75, 3.05) is 0 Å². The van der Waals surface area contributed by atoms with Crippen LogP contribution < -0.4 is 5.63 Å². The predicted octanol–water partition coefficient (Wildman–Crippen LogP) is 3.08. The fraction of sp³-hybridized carbons (Fsp3) is 0.133. The molecule has 2 N–H and O–H groups in total. The summed E-state index contributed by atoms with van der Waals surface area (Å²) in [7, 11) is 0.